The Morgan fingerprint density at radius 2 is 1.75 bits per heavy atom. The first kappa shape index (κ1) is 20.1. The number of methoxy groups -OCH3 is 1. The average Bonchev–Trinajstić information content (AvgIpc) is 3.02. The smallest absolute Gasteiger partial charge is 0.387 e. The second kappa shape index (κ2) is 8.55. The Morgan fingerprint density at radius 1 is 1.07 bits per heavy atom. The van der Waals surface area contributed by atoms with E-state index in [1.54, 1.807) is 19.4 Å². The molecule has 0 amide bonds. The molecule has 150 valence electrons. The molecule has 3 aromatic rings. The van der Waals surface area contributed by atoms with E-state index in [2.05, 4.69) is 24.4 Å². The standard InChI is InChI=1S/C17H15F4N3O3S/c1-8-11(22-4-3-12(8)25-2)7-28-17-23-9-5-13(26-15(18)19)14(27-16(20)21)6-10(9)24-17/h3-6,15-16H,7H2,1-2H3,(H,23,24). The van der Waals surface area contributed by atoms with Gasteiger partial charge in [-0.05, 0) is 13.0 Å². The van der Waals surface area contributed by atoms with Crippen LogP contribution in [0.4, 0.5) is 17.6 Å². The number of aromatic amines is 1. The van der Waals surface area contributed by atoms with Crippen molar-refractivity contribution < 1.29 is 31.8 Å². The summed E-state index contributed by atoms with van der Waals surface area (Å²) in [6.45, 7) is -4.49. The SMILES string of the molecule is COc1ccnc(CSc2nc3cc(OC(F)F)c(OC(F)F)cc3[nH]2)c1C. The molecule has 0 spiro atoms. The summed E-state index contributed by atoms with van der Waals surface area (Å²) in [6, 6.07) is 4.01. The molecule has 2 heterocycles. The molecule has 0 saturated carbocycles. The highest BCUT2D eigenvalue weighted by Crippen LogP contribution is 2.35. The Kier molecular flexibility index (Phi) is 6.12. The van der Waals surface area contributed by atoms with Crippen molar-refractivity contribution in [3.8, 4) is 17.2 Å². The minimum atomic E-state index is -3.19. The summed E-state index contributed by atoms with van der Waals surface area (Å²) in [5.74, 6) is 0.145. The fourth-order valence-corrected chi connectivity index (χ4v) is 3.41. The molecule has 0 aliphatic rings. The highest BCUT2D eigenvalue weighted by Gasteiger charge is 2.18. The molecule has 0 unspecified atom stereocenters. The number of fused-ring (bicyclic) bond motifs is 1. The van der Waals surface area contributed by atoms with Gasteiger partial charge in [-0.3, -0.25) is 4.98 Å². The van der Waals surface area contributed by atoms with Crippen LogP contribution in [0.2, 0.25) is 0 Å². The van der Waals surface area contributed by atoms with Crippen molar-refractivity contribution in [1.82, 2.24) is 15.0 Å². The van der Waals surface area contributed by atoms with E-state index < -0.39 is 24.7 Å². The van der Waals surface area contributed by atoms with Gasteiger partial charge in [0.1, 0.15) is 5.75 Å². The first-order valence-electron chi connectivity index (χ1n) is 7.92. The van der Waals surface area contributed by atoms with E-state index in [1.165, 1.54) is 11.8 Å². The van der Waals surface area contributed by atoms with Gasteiger partial charge in [-0.25, -0.2) is 4.98 Å². The zero-order valence-electron chi connectivity index (χ0n) is 14.7. The van der Waals surface area contributed by atoms with Gasteiger partial charge in [0.05, 0.1) is 23.8 Å². The minimum absolute atomic E-state index is 0.273. The summed E-state index contributed by atoms with van der Waals surface area (Å²) in [5, 5.41) is 0.455. The van der Waals surface area contributed by atoms with Gasteiger partial charge in [0.25, 0.3) is 0 Å². The number of rotatable bonds is 8. The van der Waals surface area contributed by atoms with Gasteiger partial charge < -0.3 is 19.2 Å². The number of nitrogens with one attached hydrogen (secondary N) is 1. The first-order valence-corrected chi connectivity index (χ1v) is 8.90. The fourth-order valence-electron chi connectivity index (χ4n) is 2.50. The second-order valence-electron chi connectivity index (χ2n) is 5.49. The van der Waals surface area contributed by atoms with Gasteiger partial charge in [-0.15, -0.1) is 0 Å². The number of hydrogen-bond acceptors (Lipinski definition) is 6. The van der Waals surface area contributed by atoms with E-state index in [0.717, 1.165) is 23.4 Å². The number of imidazole rings is 1. The Labute approximate surface area is 161 Å². The molecule has 0 bridgehead atoms. The lowest BCUT2D eigenvalue weighted by Gasteiger charge is -2.11. The largest absolute Gasteiger partial charge is 0.496 e. The van der Waals surface area contributed by atoms with Crippen molar-refractivity contribution in [3.05, 3.63) is 35.7 Å². The third-order valence-corrected chi connectivity index (χ3v) is 4.67. The summed E-state index contributed by atoms with van der Waals surface area (Å²) < 4.78 is 63.9. The molecule has 0 fully saturated rings. The van der Waals surface area contributed by atoms with Crippen molar-refractivity contribution >= 4 is 22.8 Å². The maximum atomic E-state index is 12.5. The quantitative estimate of drug-likeness (QED) is 0.421. The normalized spacial score (nSPS) is 11.4. The minimum Gasteiger partial charge on any atom is -0.496 e. The van der Waals surface area contributed by atoms with Crippen molar-refractivity contribution in [1.29, 1.82) is 0 Å². The fraction of sp³-hybridized carbons (Fsp3) is 0.294. The van der Waals surface area contributed by atoms with Gasteiger partial charge in [-0.2, -0.15) is 17.6 Å². The number of alkyl halides is 4. The molecule has 2 aromatic heterocycles. The summed E-state index contributed by atoms with van der Waals surface area (Å²) in [4.78, 5) is 11.5. The predicted molar refractivity (Wildman–Crippen MR) is 94.4 cm³/mol. The molecule has 28 heavy (non-hydrogen) atoms. The third-order valence-electron chi connectivity index (χ3n) is 3.78. The van der Waals surface area contributed by atoms with Crippen molar-refractivity contribution in [2.45, 2.75) is 31.1 Å². The van der Waals surface area contributed by atoms with E-state index in [4.69, 9.17) is 4.74 Å². The van der Waals surface area contributed by atoms with E-state index in [0.29, 0.717) is 22.2 Å². The molecule has 0 atom stereocenters. The summed E-state index contributed by atoms with van der Waals surface area (Å²) in [5.41, 5.74) is 2.28. The van der Waals surface area contributed by atoms with Gasteiger partial charge in [0, 0.05) is 29.6 Å². The topological polar surface area (TPSA) is 69.3 Å². The van der Waals surface area contributed by atoms with E-state index in [9.17, 15) is 17.6 Å². The number of thioether (sulfide) groups is 1. The zero-order chi connectivity index (χ0) is 20.3. The van der Waals surface area contributed by atoms with Gasteiger partial charge >= 0.3 is 13.2 Å². The van der Waals surface area contributed by atoms with Crippen LogP contribution in [-0.2, 0) is 5.75 Å². The van der Waals surface area contributed by atoms with Crippen LogP contribution in [0, 0.1) is 6.92 Å². The Balaban J connectivity index is 1.85. The molecule has 11 heteroatoms. The van der Waals surface area contributed by atoms with Crippen LogP contribution in [0.1, 0.15) is 11.3 Å². The van der Waals surface area contributed by atoms with Crippen molar-refractivity contribution in [3.63, 3.8) is 0 Å². The van der Waals surface area contributed by atoms with E-state index in [-0.39, 0.29) is 5.52 Å². The highest BCUT2D eigenvalue weighted by molar-refractivity contribution is 7.98. The van der Waals surface area contributed by atoms with Gasteiger partial charge in [-0.1, -0.05) is 11.8 Å². The van der Waals surface area contributed by atoms with Crippen LogP contribution >= 0.6 is 11.8 Å². The lowest BCUT2D eigenvalue weighted by atomic mass is 10.2. The molecule has 0 aliphatic carbocycles. The molecule has 0 saturated heterocycles. The number of halogens is 4. The van der Waals surface area contributed by atoms with Gasteiger partial charge in [0.15, 0.2) is 16.7 Å². The van der Waals surface area contributed by atoms with Gasteiger partial charge in [0.2, 0.25) is 0 Å². The molecule has 0 aliphatic heterocycles. The summed E-state index contributed by atoms with van der Waals surface area (Å²) >= 11 is 1.31. The first-order chi connectivity index (χ1) is 13.4. The number of pyridine rings is 1. The van der Waals surface area contributed by atoms with Crippen molar-refractivity contribution in [2.75, 3.05) is 7.11 Å². The maximum Gasteiger partial charge on any atom is 0.387 e. The lowest BCUT2D eigenvalue weighted by Crippen LogP contribution is -2.07. The number of hydrogen-bond donors (Lipinski definition) is 1. The van der Waals surface area contributed by atoms with E-state index >= 15 is 0 Å². The number of ether oxygens (including phenoxy) is 3. The van der Waals surface area contributed by atoms with Crippen LogP contribution in [0.15, 0.2) is 29.6 Å². The monoisotopic (exact) mass is 417 g/mol. The van der Waals surface area contributed by atoms with Crippen LogP contribution in [0.5, 0.6) is 17.2 Å². The molecule has 1 aromatic carbocycles. The molecular formula is C17H15F4N3O3S. The van der Waals surface area contributed by atoms with Crippen molar-refractivity contribution in [2.24, 2.45) is 0 Å². The predicted octanol–water partition coefficient (Wildman–Crippen LogP) is 4.77. The van der Waals surface area contributed by atoms with Crippen LogP contribution in [0.25, 0.3) is 11.0 Å². The van der Waals surface area contributed by atoms with E-state index in [1.807, 2.05) is 6.92 Å². The average molecular weight is 417 g/mol. The molecule has 6 nitrogen and oxygen atoms in total. The molecular weight excluding hydrogens is 402 g/mol. The summed E-state index contributed by atoms with van der Waals surface area (Å²) in [7, 11) is 1.57. The number of aromatic nitrogens is 3. The number of benzene rings is 1. The molecule has 3 rings (SSSR count). The lowest BCUT2D eigenvalue weighted by molar-refractivity contribution is -0.0690. The Morgan fingerprint density at radius 3 is 2.39 bits per heavy atom. The second-order valence-corrected chi connectivity index (χ2v) is 6.45. The van der Waals surface area contributed by atoms with Crippen LogP contribution in [-0.4, -0.2) is 35.3 Å². The maximum absolute atomic E-state index is 12.5. The Bertz CT molecular complexity index is 921. The zero-order valence-corrected chi connectivity index (χ0v) is 15.5. The van der Waals surface area contributed by atoms with Crippen LogP contribution in [0.3, 0.4) is 0 Å². The molecule has 0 radical (unpaired) electrons. The number of H-pyrrole nitrogens is 1. The number of nitrogens with zero attached hydrogens (tertiary/aromatic N) is 2. The third kappa shape index (κ3) is 4.58. The Hall–Kier alpha value is -2.69. The highest BCUT2D eigenvalue weighted by atomic mass is 32.2. The molecule has 1 N–H and O–H groups in total. The van der Waals surface area contributed by atoms with Crippen LogP contribution < -0.4 is 14.2 Å². The summed E-state index contributed by atoms with van der Waals surface area (Å²) in [6.07, 6.45) is 1.63.